The van der Waals surface area contributed by atoms with Gasteiger partial charge in [-0.05, 0) is 91.3 Å². The number of nitrogens with two attached hydrogens (primary N) is 1. The molecule has 0 aromatic rings. The molecule has 0 saturated heterocycles. The molecule has 4 rings (SSSR count). The first-order chi connectivity index (χ1) is 16.1. The van der Waals surface area contributed by atoms with E-state index >= 15 is 0 Å². The van der Waals surface area contributed by atoms with Gasteiger partial charge in [0, 0.05) is 6.42 Å². The first kappa shape index (κ1) is 26.2. The summed E-state index contributed by atoms with van der Waals surface area (Å²) in [5.41, 5.74) is 7.98. The van der Waals surface area contributed by atoms with E-state index in [9.17, 15) is 4.79 Å². The standard InChI is InChI=1S/C30H51NO3/c1-19(2)7-6-8-20(3)24-11-12-25-23-10-9-21-17-22(34-28(33)27(31)18-32)13-15-29(21,4)26(23)14-16-30(24,25)5/h9,19-20,22-27,32H,6-8,10-18,31H2,1-5H3/t20-,22?,23?,24-,25?,26?,27?,29+,30-/m1/s1. The Morgan fingerprint density at radius 1 is 1.12 bits per heavy atom. The van der Waals surface area contributed by atoms with Crippen LogP contribution in [0.2, 0.25) is 0 Å². The van der Waals surface area contributed by atoms with Crippen molar-refractivity contribution in [1.29, 1.82) is 0 Å². The summed E-state index contributed by atoms with van der Waals surface area (Å²) in [6.07, 6.45) is 16.3. The van der Waals surface area contributed by atoms with Crippen LogP contribution in [-0.2, 0) is 9.53 Å². The molecule has 5 unspecified atom stereocenters. The van der Waals surface area contributed by atoms with Crippen LogP contribution >= 0.6 is 0 Å². The largest absolute Gasteiger partial charge is 0.461 e. The van der Waals surface area contributed by atoms with Crippen LogP contribution in [0.1, 0.15) is 105 Å². The number of hydrogen-bond acceptors (Lipinski definition) is 4. The van der Waals surface area contributed by atoms with Gasteiger partial charge < -0.3 is 15.6 Å². The zero-order chi connectivity index (χ0) is 24.7. The summed E-state index contributed by atoms with van der Waals surface area (Å²) in [5, 5.41) is 9.17. The van der Waals surface area contributed by atoms with Crippen LogP contribution in [0, 0.1) is 46.3 Å². The van der Waals surface area contributed by atoms with Gasteiger partial charge in [0.1, 0.15) is 12.1 Å². The summed E-state index contributed by atoms with van der Waals surface area (Å²) in [4.78, 5) is 12.1. The van der Waals surface area contributed by atoms with Gasteiger partial charge in [-0.25, -0.2) is 0 Å². The number of rotatable bonds is 8. The van der Waals surface area contributed by atoms with Gasteiger partial charge in [0.25, 0.3) is 0 Å². The van der Waals surface area contributed by atoms with E-state index in [1.165, 1.54) is 56.9 Å². The molecule has 3 fully saturated rings. The van der Waals surface area contributed by atoms with Crippen LogP contribution in [0.3, 0.4) is 0 Å². The highest BCUT2D eigenvalue weighted by Gasteiger charge is 2.59. The number of aliphatic hydroxyl groups excluding tert-OH is 1. The fourth-order valence-electron chi connectivity index (χ4n) is 9.08. The highest BCUT2D eigenvalue weighted by molar-refractivity contribution is 5.75. The van der Waals surface area contributed by atoms with Crippen molar-refractivity contribution in [3.8, 4) is 0 Å². The third-order valence-corrected chi connectivity index (χ3v) is 11.0. The molecule has 4 aliphatic carbocycles. The van der Waals surface area contributed by atoms with Gasteiger partial charge in [0.15, 0.2) is 0 Å². The molecule has 4 nitrogen and oxygen atoms in total. The molecule has 3 N–H and O–H groups in total. The third-order valence-electron chi connectivity index (χ3n) is 11.0. The Labute approximate surface area is 208 Å². The van der Waals surface area contributed by atoms with Crippen molar-refractivity contribution in [1.82, 2.24) is 0 Å². The Bertz CT molecular complexity index is 762. The lowest BCUT2D eigenvalue weighted by Gasteiger charge is -2.58. The summed E-state index contributed by atoms with van der Waals surface area (Å²) in [5.74, 6) is 4.58. The zero-order valence-corrected chi connectivity index (χ0v) is 22.5. The van der Waals surface area contributed by atoms with Gasteiger partial charge in [-0.1, -0.05) is 65.5 Å². The molecule has 34 heavy (non-hydrogen) atoms. The van der Waals surface area contributed by atoms with Crippen molar-refractivity contribution in [3.05, 3.63) is 11.6 Å². The molecule has 4 aliphatic rings. The van der Waals surface area contributed by atoms with Crippen molar-refractivity contribution in [2.24, 2.45) is 52.1 Å². The predicted molar refractivity (Wildman–Crippen MR) is 138 cm³/mol. The highest BCUT2D eigenvalue weighted by Crippen LogP contribution is 2.67. The van der Waals surface area contributed by atoms with E-state index in [1.54, 1.807) is 0 Å². The van der Waals surface area contributed by atoms with Crippen molar-refractivity contribution in [2.75, 3.05) is 6.61 Å². The number of allylic oxidation sites excluding steroid dienone is 1. The molecular formula is C30H51NO3. The van der Waals surface area contributed by atoms with Gasteiger partial charge in [-0.2, -0.15) is 0 Å². The quantitative estimate of drug-likeness (QED) is 0.322. The van der Waals surface area contributed by atoms with Gasteiger partial charge in [-0.3, -0.25) is 4.79 Å². The van der Waals surface area contributed by atoms with Crippen LogP contribution in [-0.4, -0.2) is 29.8 Å². The third kappa shape index (κ3) is 4.75. The Balaban J connectivity index is 1.43. The smallest absolute Gasteiger partial charge is 0.325 e. The summed E-state index contributed by atoms with van der Waals surface area (Å²) in [7, 11) is 0. The van der Waals surface area contributed by atoms with Crippen molar-refractivity contribution < 1.29 is 14.6 Å². The van der Waals surface area contributed by atoms with E-state index < -0.39 is 12.0 Å². The van der Waals surface area contributed by atoms with E-state index in [2.05, 4.69) is 40.7 Å². The maximum Gasteiger partial charge on any atom is 0.325 e. The first-order valence-electron chi connectivity index (χ1n) is 14.4. The van der Waals surface area contributed by atoms with E-state index in [-0.39, 0.29) is 18.1 Å². The Hall–Kier alpha value is -0.870. The molecule has 0 aromatic carbocycles. The topological polar surface area (TPSA) is 72.5 Å². The van der Waals surface area contributed by atoms with Crippen LogP contribution in [0.25, 0.3) is 0 Å². The number of esters is 1. The van der Waals surface area contributed by atoms with Crippen molar-refractivity contribution >= 4 is 5.97 Å². The Kier molecular flexibility index (Phi) is 7.89. The van der Waals surface area contributed by atoms with Crippen LogP contribution in [0.5, 0.6) is 0 Å². The predicted octanol–water partition coefficient (Wildman–Crippen LogP) is 6.26. The average Bonchev–Trinajstić information content (AvgIpc) is 3.15. The molecule has 0 radical (unpaired) electrons. The average molecular weight is 474 g/mol. The van der Waals surface area contributed by atoms with Gasteiger partial charge in [-0.15, -0.1) is 0 Å². The van der Waals surface area contributed by atoms with Crippen LogP contribution in [0.4, 0.5) is 0 Å². The SMILES string of the molecule is CC(C)CCC[C@@H](C)[C@H]1CCC2C3CC=C4CC(OC(=O)C(N)CO)CC[C@]4(C)C3CC[C@@]21C. The molecule has 0 bridgehead atoms. The second-order valence-electron chi connectivity index (χ2n) is 13.4. The summed E-state index contributed by atoms with van der Waals surface area (Å²) >= 11 is 0. The summed E-state index contributed by atoms with van der Waals surface area (Å²) < 4.78 is 5.68. The molecule has 0 amide bonds. The number of carbonyl (C=O) groups is 1. The Morgan fingerprint density at radius 2 is 1.88 bits per heavy atom. The maximum absolute atomic E-state index is 12.1. The van der Waals surface area contributed by atoms with Crippen molar-refractivity contribution in [2.45, 2.75) is 117 Å². The molecule has 0 spiro atoms. The minimum absolute atomic E-state index is 0.0858. The van der Waals surface area contributed by atoms with E-state index in [0.29, 0.717) is 5.41 Å². The Morgan fingerprint density at radius 3 is 2.59 bits per heavy atom. The summed E-state index contributed by atoms with van der Waals surface area (Å²) in [6, 6.07) is -0.919. The lowest BCUT2D eigenvalue weighted by atomic mass is 9.47. The normalized spacial score (nSPS) is 41.2. The second-order valence-corrected chi connectivity index (χ2v) is 13.4. The zero-order valence-electron chi connectivity index (χ0n) is 22.5. The summed E-state index contributed by atoms with van der Waals surface area (Å²) in [6.45, 7) is 12.1. The van der Waals surface area contributed by atoms with Crippen LogP contribution in [0.15, 0.2) is 11.6 Å². The number of ether oxygens (including phenoxy) is 1. The number of fused-ring (bicyclic) bond motifs is 5. The number of hydrogen-bond donors (Lipinski definition) is 2. The van der Waals surface area contributed by atoms with E-state index in [1.807, 2.05) is 0 Å². The maximum atomic E-state index is 12.1. The minimum Gasteiger partial charge on any atom is -0.461 e. The van der Waals surface area contributed by atoms with Gasteiger partial charge >= 0.3 is 5.97 Å². The highest BCUT2D eigenvalue weighted by atomic mass is 16.5. The molecule has 0 heterocycles. The molecule has 194 valence electrons. The van der Waals surface area contributed by atoms with Crippen LogP contribution < -0.4 is 5.73 Å². The lowest BCUT2D eigenvalue weighted by Crippen LogP contribution is -2.51. The molecular weight excluding hydrogens is 422 g/mol. The number of aliphatic hydroxyl groups is 1. The molecule has 4 heteroatoms. The molecule has 0 aliphatic heterocycles. The molecule has 9 atom stereocenters. The number of carbonyl (C=O) groups excluding carboxylic acids is 1. The second kappa shape index (κ2) is 10.2. The van der Waals surface area contributed by atoms with E-state index in [0.717, 1.165) is 54.8 Å². The van der Waals surface area contributed by atoms with Crippen molar-refractivity contribution in [3.63, 3.8) is 0 Å². The molecule has 0 aromatic heterocycles. The fourth-order valence-corrected chi connectivity index (χ4v) is 9.08. The lowest BCUT2D eigenvalue weighted by molar-refractivity contribution is -0.154. The minimum atomic E-state index is -0.919. The van der Waals surface area contributed by atoms with E-state index in [4.69, 9.17) is 15.6 Å². The first-order valence-corrected chi connectivity index (χ1v) is 14.4. The molecule has 3 saturated carbocycles. The van der Waals surface area contributed by atoms with Gasteiger partial charge in [0.2, 0.25) is 0 Å². The monoisotopic (exact) mass is 473 g/mol. The fraction of sp³-hybridized carbons (Fsp3) is 0.900. The van der Waals surface area contributed by atoms with Gasteiger partial charge in [0.05, 0.1) is 6.61 Å².